The van der Waals surface area contributed by atoms with E-state index in [2.05, 4.69) is 5.32 Å². The highest BCUT2D eigenvalue weighted by Gasteiger charge is 2.23. The first-order chi connectivity index (χ1) is 8.28. The quantitative estimate of drug-likeness (QED) is 0.840. The summed E-state index contributed by atoms with van der Waals surface area (Å²) in [6.07, 6.45) is -0.136. The van der Waals surface area contributed by atoms with Gasteiger partial charge in [0.15, 0.2) is 0 Å². The molecule has 0 spiro atoms. The second-order valence-electron chi connectivity index (χ2n) is 4.81. The topological polar surface area (TPSA) is 66.4 Å². The van der Waals surface area contributed by atoms with Crippen LogP contribution in [0.4, 0.5) is 4.39 Å². The SMILES string of the molecule is CC(C)(CC(=O)O)NC(=O)Cc1cccc(F)c1. The highest BCUT2D eigenvalue weighted by molar-refractivity contribution is 5.80. The van der Waals surface area contributed by atoms with Gasteiger partial charge in [-0.15, -0.1) is 0 Å². The monoisotopic (exact) mass is 253 g/mol. The summed E-state index contributed by atoms with van der Waals surface area (Å²) >= 11 is 0. The third-order valence-corrected chi connectivity index (χ3v) is 2.32. The minimum Gasteiger partial charge on any atom is -0.481 e. The molecule has 0 aliphatic heterocycles. The number of carbonyl (C=O) groups is 2. The molecule has 0 aliphatic carbocycles. The molecule has 0 fully saturated rings. The Balaban J connectivity index is 2.59. The fourth-order valence-corrected chi connectivity index (χ4v) is 1.68. The molecule has 98 valence electrons. The van der Waals surface area contributed by atoms with E-state index in [4.69, 9.17) is 5.11 Å². The van der Waals surface area contributed by atoms with Gasteiger partial charge in [-0.2, -0.15) is 0 Å². The summed E-state index contributed by atoms with van der Waals surface area (Å²) in [5.41, 5.74) is -0.269. The van der Waals surface area contributed by atoms with Crippen LogP contribution in [0.5, 0.6) is 0 Å². The number of rotatable bonds is 5. The Morgan fingerprint density at radius 1 is 1.39 bits per heavy atom. The van der Waals surface area contributed by atoms with Crippen LogP contribution in [0, 0.1) is 5.82 Å². The number of benzene rings is 1. The maximum Gasteiger partial charge on any atom is 0.305 e. The van der Waals surface area contributed by atoms with E-state index in [-0.39, 0.29) is 18.7 Å². The largest absolute Gasteiger partial charge is 0.481 e. The van der Waals surface area contributed by atoms with Crippen molar-refractivity contribution in [2.24, 2.45) is 0 Å². The number of hydrogen-bond acceptors (Lipinski definition) is 2. The Bertz CT molecular complexity index is 457. The fraction of sp³-hybridized carbons (Fsp3) is 0.385. The van der Waals surface area contributed by atoms with E-state index in [0.717, 1.165) is 0 Å². The van der Waals surface area contributed by atoms with Crippen LogP contribution in [0.3, 0.4) is 0 Å². The van der Waals surface area contributed by atoms with Crippen LogP contribution in [0.25, 0.3) is 0 Å². The first-order valence-electron chi connectivity index (χ1n) is 5.56. The second-order valence-corrected chi connectivity index (χ2v) is 4.81. The lowest BCUT2D eigenvalue weighted by molar-refractivity contribution is -0.138. The molecular formula is C13H16FNO3. The molecule has 0 saturated carbocycles. The van der Waals surface area contributed by atoms with E-state index in [1.807, 2.05) is 0 Å². The van der Waals surface area contributed by atoms with E-state index in [1.165, 1.54) is 18.2 Å². The van der Waals surface area contributed by atoms with Crippen LogP contribution in [-0.4, -0.2) is 22.5 Å². The highest BCUT2D eigenvalue weighted by atomic mass is 19.1. The van der Waals surface area contributed by atoms with Crippen LogP contribution in [-0.2, 0) is 16.0 Å². The Labute approximate surface area is 105 Å². The van der Waals surface area contributed by atoms with Crippen molar-refractivity contribution >= 4 is 11.9 Å². The molecule has 0 atom stereocenters. The van der Waals surface area contributed by atoms with Crippen molar-refractivity contribution < 1.29 is 19.1 Å². The van der Waals surface area contributed by atoms with Gasteiger partial charge in [-0.3, -0.25) is 9.59 Å². The fourth-order valence-electron chi connectivity index (χ4n) is 1.68. The van der Waals surface area contributed by atoms with Gasteiger partial charge in [0, 0.05) is 5.54 Å². The van der Waals surface area contributed by atoms with E-state index < -0.39 is 17.3 Å². The second kappa shape index (κ2) is 5.62. The average Bonchev–Trinajstić information content (AvgIpc) is 2.13. The summed E-state index contributed by atoms with van der Waals surface area (Å²) in [5.74, 6) is -1.71. The molecule has 0 aromatic heterocycles. The van der Waals surface area contributed by atoms with Crippen molar-refractivity contribution in [1.82, 2.24) is 5.32 Å². The van der Waals surface area contributed by atoms with E-state index >= 15 is 0 Å². The van der Waals surface area contributed by atoms with E-state index in [1.54, 1.807) is 19.9 Å². The summed E-state index contributed by atoms with van der Waals surface area (Å²) in [6.45, 7) is 3.26. The minimum atomic E-state index is -0.981. The summed E-state index contributed by atoms with van der Waals surface area (Å²) in [4.78, 5) is 22.3. The number of hydrogen-bond donors (Lipinski definition) is 2. The molecular weight excluding hydrogens is 237 g/mol. The van der Waals surface area contributed by atoms with Crippen LogP contribution >= 0.6 is 0 Å². The van der Waals surface area contributed by atoms with Crippen molar-refractivity contribution in [2.45, 2.75) is 32.2 Å². The lowest BCUT2D eigenvalue weighted by Gasteiger charge is -2.24. The zero-order valence-electron chi connectivity index (χ0n) is 10.4. The molecule has 1 rings (SSSR count). The molecule has 4 nitrogen and oxygen atoms in total. The summed E-state index contributed by atoms with van der Waals surface area (Å²) in [7, 11) is 0. The van der Waals surface area contributed by atoms with Gasteiger partial charge in [0.05, 0.1) is 12.8 Å². The lowest BCUT2D eigenvalue weighted by Crippen LogP contribution is -2.45. The number of halogens is 1. The van der Waals surface area contributed by atoms with Gasteiger partial charge >= 0.3 is 5.97 Å². The van der Waals surface area contributed by atoms with Crippen LogP contribution in [0.2, 0.25) is 0 Å². The molecule has 2 N–H and O–H groups in total. The third-order valence-electron chi connectivity index (χ3n) is 2.32. The van der Waals surface area contributed by atoms with Gasteiger partial charge in [-0.25, -0.2) is 4.39 Å². The molecule has 0 heterocycles. The molecule has 5 heteroatoms. The Morgan fingerprint density at radius 3 is 2.61 bits per heavy atom. The molecule has 1 aromatic rings. The summed E-state index contributed by atoms with van der Waals surface area (Å²) in [5, 5.41) is 11.3. The zero-order chi connectivity index (χ0) is 13.8. The molecule has 0 radical (unpaired) electrons. The van der Waals surface area contributed by atoms with Crippen molar-refractivity contribution in [3.63, 3.8) is 0 Å². The smallest absolute Gasteiger partial charge is 0.305 e. The van der Waals surface area contributed by atoms with Gasteiger partial charge in [0.1, 0.15) is 5.82 Å². The van der Waals surface area contributed by atoms with E-state index in [0.29, 0.717) is 5.56 Å². The van der Waals surface area contributed by atoms with Crippen molar-refractivity contribution in [1.29, 1.82) is 0 Å². The Hall–Kier alpha value is -1.91. The summed E-state index contributed by atoms with van der Waals surface area (Å²) in [6, 6.07) is 5.76. The van der Waals surface area contributed by atoms with Gasteiger partial charge in [-0.05, 0) is 31.5 Å². The first-order valence-corrected chi connectivity index (χ1v) is 5.56. The zero-order valence-corrected chi connectivity index (χ0v) is 10.4. The maximum absolute atomic E-state index is 12.9. The number of carbonyl (C=O) groups excluding carboxylic acids is 1. The molecule has 0 unspecified atom stereocenters. The molecule has 0 bridgehead atoms. The normalized spacial score (nSPS) is 11.1. The predicted molar refractivity (Wildman–Crippen MR) is 64.6 cm³/mol. The lowest BCUT2D eigenvalue weighted by atomic mass is 10.00. The number of amides is 1. The molecule has 0 saturated heterocycles. The molecule has 0 aliphatic rings. The molecule has 1 amide bonds. The summed E-state index contributed by atoms with van der Waals surface area (Å²) < 4.78 is 12.9. The van der Waals surface area contributed by atoms with Gasteiger partial charge < -0.3 is 10.4 Å². The molecule has 1 aromatic carbocycles. The predicted octanol–water partition coefficient (Wildman–Crippen LogP) is 1.74. The van der Waals surface area contributed by atoms with Crippen molar-refractivity contribution in [3.8, 4) is 0 Å². The van der Waals surface area contributed by atoms with Gasteiger partial charge in [-0.1, -0.05) is 12.1 Å². The number of nitrogens with one attached hydrogen (secondary N) is 1. The average molecular weight is 253 g/mol. The number of carboxylic acid groups (broad SMARTS) is 1. The number of aliphatic carboxylic acids is 1. The van der Waals surface area contributed by atoms with Gasteiger partial charge in [0.25, 0.3) is 0 Å². The number of carboxylic acids is 1. The minimum absolute atomic E-state index is 0.0286. The third kappa shape index (κ3) is 4.95. The first kappa shape index (κ1) is 14.2. The Kier molecular flexibility index (Phi) is 4.42. The van der Waals surface area contributed by atoms with Crippen LogP contribution < -0.4 is 5.32 Å². The molecule has 18 heavy (non-hydrogen) atoms. The Morgan fingerprint density at radius 2 is 2.06 bits per heavy atom. The highest BCUT2D eigenvalue weighted by Crippen LogP contribution is 2.10. The van der Waals surface area contributed by atoms with Crippen LogP contribution in [0.15, 0.2) is 24.3 Å². The van der Waals surface area contributed by atoms with Crippen molar-refractivity contribution in [3.05, 3.63) is 35.6 Å². The van der Waals surface area contributed by atoms with E-state index in [9.17, 15) is 14.0 Å². The van der Waals surface area contributed by atoms with Crippen molar-refractivity contribution in [2.75, 3.05) is 0 Å². The maximum atomic E-state index is 12.9. The van der Waals surface area contributed by atoms with Gasteiger partial charge in [0.2, 0.25) is 5.91 Å². The standard InChI is InChI=1S/C13H16FNO3/c1-13(2,8-12(17)18)15-11(16)7-9-4-3-5-10(14)6-9/h3-6H,7-8H2,1-2H3,(H,15,16)(H,17,18). The van der Waals surface area contributed by atoms with Crippen LogP contribution in [0.1, 0.15) is 25.8 Å².